The van der Waals surface area contributed by atoms with Crippen molar-refractivity contribution in [3.8, 4) is 0 Å². The van der Waals surface area contributed by atoms with E-state index >= 15 is 0 Å². The lowest BCUT2D eigenvalue weighted by Crippen LogP contribution is -2.22. The van der Waals surface area contributed by atoms with E-state index in [0.29, 0.717) is 11.5 Å². The first-order valence-corrected chi connectivity index (χ1v) is 5.50. The maximum atomic E-state index is 10.6. The Kier molecular flexibility index (Phi) is 3.20. The summed E-state index contributed by atoms with van der Waals surface area (Å²) in [5, 5.41) is 7.54. The van der Waals surface area contributed by atoms with Gasteiger partial charge in [-0.2, -0.15) is 0 Å². The van der Waals surface area contributed by atoms with Gasteiger partial charge in [0.2, 0.25) is 10.0 Å². The van der Waals surface area contributed by atoms with E-state index in [-0.39, 0.29) is 12.3 Å². The van der Waals surface area contributed by atoms with Crippen LogP contribution in [0.1, 0.15) is 0 Å². The van der Waals surface area contributed by atoms with Gasteiger partial charge in [0.05, 0.1) is 17.6 Å². The maximum Gasteiger partial charge on any atom is 0.210 e. The minimum atomic E-state index is -3.45. The Hall–Kier alpha value is -1.41. The van der Waals surface area contributed by atoms with Crippen LogP contribution < -0.4 is 16.2 Å². The maximum absolute atomic E-state index is 10.6. The van der Waals surface area contributed by atoms with Crippen LogP contribution >= 0.6 is 0 Å². The average Bonchev–Trinajstić information content (AvgIpc) is 2.06. The zero-order valence-electron chi connectivity index (χ0n) is 7.34. The Balaban J connectivity index is 2.51. The van der Waals surface area contributed by atoms with E-state index < -0.39 is 10.0 Å². The Labute approximate surface area is 81.6 Å². The van der Waals surface area contributed by atoms with Gasteiger partial charge < -0.3 is 11.1 Å². The van der Waals surface area contributed by atoms with Crippen molar-refractivity contribution in [1.82, 2.24) is 9.97 Å². The number of sulfonamides is 1. The molecule has 0 aliphatic heterocycles. The third kappa shape index (κ3) is 3.54. The van der Waals surface area contributed by atoms with Gasteiger partial charge in [-0.15, -0.1) is 0 Å². The molecule has 14 heavy (non-hydrogen) atoms. The van der Waals surface area contributed by atoms with Crippen LogP contribution in [0.2, 0.25) is 0 Å². The summed E-state index contributed by atoms with van der Waals surface area (Å²) >= 11 is 0. The standard InChI is InChI=1S/C6H11N5O2S/c7-5-3-9-4-11-6(5)10-1-2-14(8,12)13/h3-4H,1-2,7H2,(H2,8,12,13)(H,9,10,11). The SMILES string of the molecule is Nc1cncnc1NCCS(N)(=O)=O. The first kappa shape index (κ1) is 10.7. The fourth-order valence-electron chi connectivity index (χ4n) is 0.800. The summed E-state index contributed by atoms with van der Waals surface area (Å²) in [6.07, 6.45) is 2.74. The summed E-state index contributed by atoms with van der Waals surface area (Å²) in [6, 6.07) is 0. The molecule has 0 aliphatic carbocycles. The molecular weight excluding hydrogens is 206 g/mol. The van der Waals surface area contributed by atoms with Crippen LogP contribution in [0.5, 0.6) is 0 Å². The fraction of sp³-hybridized carbons (Fsp3) is 0.333. The van der Waals surface area contributed by atoms with Crippen LogP contribution in [-0.2, 0) is 10.0 Å². The first-order valence-electron chi connectivity index (χ1n) is 3.79. The molecule has 0 fully saturated rings. The Morgan fingerprint density at radius 3 is 2.79 bits per heavy atom. The number of nitrogens with two attached hydrogens (primary N) is 2. The van der Waals surface area contributed by atoms with E-state index in [9.17, 15) is 8.42 Å². The molecule has 8 heteroatoms. The van der Waals surface area contributed by atoms with Gasteiger partial charge in [0.1, 0.15) is 6.33 Å². The van der Waals surface area contributed by atoms with Crippen LogP contribution in [0.4, 0.5) is 11.5 Å². The molecule has 1 aromatic rings. The molecule has 7 nitrogen and oxygen atoms in total. The fourth-order valence-corrected chi connectivity index (χ4v) is 1.19. The number of anilines is 2. The highest BCUT2D eigenvalue weighted by Gasteiger charge is 2.03. The third-order valence-corrected chi connectivity index (χ3v) is 2.19. The molecule has 0 saturated heterocycles. The molecule has 0 amide bonds. The van der Waals surface area contributed by atoms with Gasteiger partial charge in [0.25, 0.3) is 0 Å². The van der Waals surface area contributed by atoms with E-state index in [1.54, 1.807) is 0 Å². The summed E-state index contributed by atoms with van der Waals surface area (Å²) < 4.78 is 21.2. The summed E-state index contributed by atoms with van der Waals surface area (Å²) in [5.41, 5.74) is 5.87. The highest BCUT2D eigenvalue weighted by molar-refractivity contribution is 7.89. The van der Waals surface area contributed by atoms with Gasteiger partial charge in [-0.05, 0) is 0 Å². The van der Waals surface area contributed by atoms with Gasteiger partial charge in [-0.1, -0.05) is 0 Å². The number of nitrogens with zero attached hydrogens (tertiary/aromatic N) is 2. The van der Waals surface area contributed by atoms with E-state index in [2.05, 4.69) is 15.3 Å². The van der Waals surface area contributed by atoms with Crippen molar-refractivity contribution in [3.05, 3.63) is 12.5 Å². The highest BCUT2D eigenvalue weighted by Crippen LogP contribution is 2.10. The molecule has 0 bridgehead atoms. The lowest BCUT2D eigenvalue weighted by atomic mass is 10.5. The molecule has 78 valence electrons. The molecule has 0 radical (unpaired) electrons. The van der Waals surface area contributed by atoms with E-state index in [1.165, 1.54) is 12.5 Å². The largest absolute Gasteiger partial charge is 0.394 e. The van der Waals surface area contributed by atoms with Crippen molar-refractivity contribution in [2.75, 3.05) is 23.3 Å². The molecule has 0 spiro atoms. The number of hydrogen-bond acceptors (Lipinski definition) is 6. The van der Waals surface area contributed by atoms with Crippen molar-refractivity contribution in [3.63, 3.8) is 0 Å². The molecular formula is C6H11N5O2S. The number of nitrogens with one attached hydrogen (secondary N) is 1. The van der Waals surface area contributed by atoms with Crippen molar-refractivity contribution in [1.29, 1.82) is 0 Å². The van der Waals surface area contributed by atoms with Gasteiger partial charge in [-0.3, -0.25) is 0 Å². The van der Waals surface area contributed by atoms with E-state index in [0.717, 1.165) is 0 Å². The van der Waals surface area contributed by atoms with Crippen molar-refractivity contribution < 1.29 is 8.42 Å². The average molecular weight is 217 g/mol. The molecule has 0 saturated carbocycles. The van der Waals surface area contributed by atoms with E-state index in [1.807, 2.05) is 0 Å². The zero-order valence-corrected chi connectivity index (χ0v) is 8.16. The molecule has 0 aromatic carbocycles. The Bertz CT molecular complexity index is 404. The molecule has 0 aliphatic rings. The second-order valence-electron chi connectivity index (χ2n) is 2.62. The van der Waals surface area contributed by atoms with Crippen LogP contribution in [0.25, 0.3) is 0 Å². The van der Waals surface area contributed by atoms with Crippen molar-refractivity contribution >= 4 is 21.5 Å². The topological polar surface area (TPSA) is 124 Å². The van der Waals surface area contributed by atoms with Crippen LogP contribution in [0.15, 0.2) is 12.5 Å². The van der Waals surface area contributed by atoms with Gasteiger partial charge >= 0.3 is 0 Å². The first-order chi connectivity index (χ1) is 6.49. The molecule has 5 N–H and O–H groups in total. The van der Waals surface area contributed by atoms with Gasteiger partial charge in [-0.25, -0.2) is 23.5 Å². The van der Waals surface area contributed by atoms with E-state index in [4.69, 9.17) is 10.9 Å². The van der Waals surface area contributed by atoms with Gasteiger partial charge in [0, 0.05) is 6.54 Å². The second-order valence-corrected chi connectivity index (χ2v) is 4.35. The predicted molar refractivity (Wildman–Crippen MR) is 52.9 cm³/mol. The van der Waals surface area contributed by atoms with Crippen molar-refractivity contribution in [2.24, 2.45) is 5.14 Å². The molecule has 1 heterocycles. The number of aromatic nitrogens is 2. The lowest BCUT2D eigenvalue weighted by molar-refractivity contribution is 0.598. The number of hydrogen-bond donors (Lipinski definition) is 3. The number of rotatable bonds is 4. The molecule has 1 aromatic heterocycles. The summed E-state index contributed by atoms with van der Waals surface area (Å²) in [7, 11) is -3.45. The minimum Gasteiger partial charge on any atom is -0.394 e. The molecule has 0 atom stereocenters. The highest BCUT2D eigenvalue weighted by atomic mass is 32.2. The minimum absolute atomic E-state index is 0.167. The summed E-state index contributed by atoms with van der Waals surface area (Å²) in [6.45, 7) is 0.167. The van der Waals surface area contributed by atoms with Gasteiger partial charge in [0.15, 0.2) is 5.82 Å². The monoisotopic (exact) mass is 217 g/mol. The number of nitrogen functional groups attached to an aromatic ring is 1. The zero-order chi connectivity index (χ0) is 10.6. The third-order valence-electron chi connectivity index (χ3n) is 1.42. The Morgan fingerprint density at radius 2 is 2.21 bits per heavy atom. The van der Waals surface area contributed by atoms with Crippen LogP contribution in [-0.4, -0.2) is 30.7 Å². The summed E-state index contributed by atoms with van der Waals surface area (Å²) in [5.74, 6) is 0.236. The summed E-state index contributed by atoms with van der Waals surface area (Å²) in [4.78, 5) is 7.50. The smallest absolute Gasteiger partial charge is 0.210 e. The predicted octanol–water partition coefficient (Wildman–Crippen LogP) is -1.24. The molecule has 0 unspecified atom stereocenters. The lowest BCUT2D eigenvalue weighted by Gasteiger charge is -2.05. The van der Waals surface area contributed by atoms with Crippen LogP contribution in [0.3, 0.4) is 0 Å². The quantitative estimate of drug-likeness (QED) is 0.579. The number of primary sulfonamides is 1. The van der Waals surface area contributed by atoms with Crippen molar-refractivity contribution in [2.45, 2.75) is 0 Å². The molecule has 1 rings (SSSR count). The normalized spacial score (nSPS) is 11.2. The second kappa shape index (κ2) is 4.20. The Morgan fingerprint density at radius 1 is 1.50 bits per heavy atom. The van der Waals surface area contributed by atoms with Crippen LogP contribution in [0, 0.1) is 0 Å².